The predicted molar refractivity (Wildman–Crippen MR) is 79.8 cm³/mol. The number of alkyl halides is 3. The molecule has 0 amide bonds. The molecule has 6 heteroatoms. The van der Waals surface area contributed by atoms with Crippen LogP contribution in [0.4, 0.5) is 18.9 Å². The molecule has 0 bridgehead atoms. The normalized spacial score (nSPS) is 22.1. The van der Waals surface area contributed by atoms with Crippen LogP contribution in [0, 0.1) is 5.92 Å². The summed E-state index contributed by atoms with van der Waals surface area (Å²) in [5, 5.41) is 3.27. The van der Waals surface area contributed by atoms with Gasteiger partial charge in [-0.25, -0.2) is 0 Å². The Labute approximate surface area is 128 Å². The summed E-state index contributed by atoms with van der Waals surface area (Å²) in [7, 11) is 2.07. The first kappa shape index (κ1) is 16.4. The molecule has 1 fully saturated rings. The number of nitrogens with one attached hydrogen (secondary N) is 1. The molecule has 1 aliphatic rings. The van der Waals surface area contributed by atoms with Crippen LogP contribution in [-0.4, -0.2) is 31.1 Å². The zero-order valence-corrected chi connectivity index (χ0v) is 12.9. The van der Waals surface area contributed by atoms with Crippen molar-refractivity contribution >= 4 is 17.3 Å². The first-order valence-electron chi connectivity index (χ1n) is 7.08. The number of likely N-dealkylation sites (tertiary alicyclic amines) is 1. The lowest BCUT2D eigenvalue weighted by Gasteiger charge is -2.34. The van der Waals surface area contributed by atoms with Crippen LogP contribution in [-0.2, 0) is 6.18 Å². The van der Waals surface area contributed by atoms with Gasteiger partial charge in [-0.15, -0.1) is 0 Å². The number of hydrogen-bond acceptors (Lipinski definition) is 2. The molecule has 1 heterocycles. The minimum Gasteiger partial charge on any atom is -0.382 e. The molecule has 2 nitrogen and oxygen atoms in total. The summed E-state index contributed by atoms with van der Waals surface area (Å²) in [6, 6.07) is 3.72. The van der Waals surface area contributed by atoms with Crippen molar-refractivity contribution < 1.29 is 13.2 Å². The van der Waals surface area contributed by atoms with Crippen molar-refractivity contribution in [1.29, 1.82) is 0 Å². The summed E-state index contributed by atoms with van der Waals surface area (Å²) in [4.78, 5) is 2.26. The van der Waals surface area contributed by atoms with Crippen LogP contribution in [0.2, 0.25) is 5.02 Å². The van der Waals surface area contributed by atoms with E-state index in [0.717, 1.165) is 38.1 Å². The molecule has 0 saturated carbocycles. The van der Waals surface area contributed by atoms with Crippen LogP contribution in [0.25, 0.3) is 0 Å². The van der Waals surface area contributed by atoms with Crippen LogP contribution in [0.5, 0.6) is 0 Å². The second-order valence-electron chi connectivity index (χ2n) is 5.82. The number of rotatable bonds is 3. The van der Waals surface area contributed by atoms with E-state index < -0.39 is 11.7 Å². The molecule has 1 saturated heterocycles. The summed E-state index contributed by atoms with van der Waals surface area (Å²) >= 11 is 5.80. The predicted octanol–water partition coefficient (Wildman–Crippen LogP) is 4.50. The third-order valence-corrected chi connectivity index (χ3v) is 4.21. The molecular formula is C15H20ClF3N2. The van der Waals surface area contributed by atoms with Crippen LogP contribution in [0.1, 0.15) is 25.3 Å². The fourth-order valence-electron chi connectivity index (χ4n) is 2.83. The Bertz CT molecular complexity index is 490. The second-order valence-corrected chi connectivity index (χ2v) is 6.26. The summed E-state index contributed by atoms with van der Waals surface area (Å²) in [6.45, 7) is 4.05. The van der Waals surface area contributed by atoms with Gasteiger partial charge in [0, 0.05) is 23.3 Å². The number of halogens is 4. The summed E-state index contributed by atoms with van der Waals surface area (Å²) in [5.41, 5.74) is -0.291. The molecule has 1 aromatic rings. The smallest absolute Gasteiger partial charge is 0.382 e. The molecule has 0 radical (unpaired) electrons. The number of anilines is 1. The number of benzene rings is 1. The van der Waals surface area contributed by atoms with Gasteiger partial charge in [0.15, 0.2) is 0 Å². The van der Waals surface area contributed by atoms with Gasteiger partial charge in [-0.1, -0.05) is 11.6 Å². The van der Waals surface area contributed by atoms with Gasteiger partial charge in [0.2, 0.25) is 0 Å². The molecule has 1 N–H and O–H groups in total. The lowest BCUT2D eigenvalue weighted by atomic mass is 9.91. The zero-order chi connectivity index (χ0) is 15.6. The molecule has 0 spiro atoms. The Morgan fingerprint density at radius 3 is 2.67 bits per heavy atom. The van der Waals surface area contributed by atoms with E-state index >= 15 is 0 Å². The average Bonchev–Trinajstić information content (AvgIpc) is 2.37. The van der Waals surface area contributed by atoms with Gasteiger partial charge in [0.25, 0.3) is 0 Å². The van der Waals surface area contributed by atoms with E-state index in [9.17, 15) is 13.2 Å². The van der Waals surface area contributed by atoms with Crippen molar-refractivity contribution in [2.75, 3.05) is 25.5 Å². The highest BCUT2D eigenvalue weighted by atomic mass is 35.5. The van der Waals surface area contributed by atoms with Gasteiger partial charge in [-0.05, 0) is 57.5 Å². The van der Waals surface area contributed by atoms with E-state index in [1.54, 1.807) is 6.07 Å². The maximum absolute atomic E-state index is 12.8. The highest BCUT2D eigenvalue weighted by Crippen LogP contribution is 2.34. The highest BCUT2D eigenvalue weighted by Gasteiger charge is 2.31. The third kappa shape index (κ3) is 4.51. The van der Waals surface area contributed by atoms with E-state index in [1.165, 1.54) is 0 Å². The largest absolute Gasteiger partial charge is 0.416 e. The van der Waals surface area contributed by atoms with Crippen LogP contribution >= 0.6 is 11.6 Å². The van der Waals surface area contributed by atoms with Gasteiger partial charge in [-0.2, -0.15) is 13.2 Å². The molecule has 2 rings (SSSR count). The Kier molecular flexibility index (Phi) is 5.04. The van der Waals surface area contributed by atoms with Crippen LogP contribution < -0.4 is 5.32 Å². The van der Waals surface area contributed by atoms with E-state index in [1.807, 2.05) is 6.92 Å². The Morgan fingerprint density at radius 2 is 2.05 bits per heavy atom. The van der Waals surface area contributed by atoms with Gasteiger partial charge >= 0.3 is 6.18 Å². The van der Waals surface area contributed by atoms with E-state index in [-0.39, 0.29) is 11.1 Å². The summed E-state index contributed by atoms with van der Waals surface area (Å²) in [6.07, 6.45) is -2.17. The maximum atomic E-state index is 12.8. The van der Waals surface area contributed by atoms with Gasteiger partial charge in [0.05, 0.1) is 5.56 Å². The summed E-state index contributed by atoms with van der Waals surface area (Å²) < 4.78 is 38.4. The Morgan fingerprint density at radius 1 is 1.33 bits per heavy atom. The Balaban J connectivity index is 2.10. The van der Waals surface area contributed by atoms with Crippen molar-refractivity contribution in [3.05, 3.63) is 28.8 Å². The molecular weight excluding hydrogens is 301 g/mol. The first-order chi connectivity index (χ1) is 9.75. The number of hydrogen-bond donors (Lipinski definition) is 1. The van der Waals surface area contributed by atoms with Crippen molar-refractivity contribution in [2.24, 2.45) is 5.92 Å². The third-order valence-electron chi connectivity index (χ3n) is 3.99. The Hall–Kier alpha value is -0.940. The standard InChI is InChI=1S/C15H20ClF3N2/c1-10(11-4-3-5-21(2)9-11)20-14-7-12(15(17,18)19)6-13(16)8-14/h6-8,10-11,20H,3-5,9H2,1-2H3. The minimum absolute atomic E-state index is 0.0975. The van der Waals surface area contributed by atoms with Gasteiger partial charge in [0.1, 0.15) is 0 Å². The monoisotopic (exact) mass is 320 g/mol. The van der Waals surface area contributed by atoms with Crippen LogP contribution in [0.3, 0.4) is 0 Å². The molecule has 0 aromatic heterocycles. The van der Waals surface area contributed by atoms with Crippen LogP contribution in [0.15, 0.2) is 18.2 Å². The molecule has 0 aliphatic carbocycles. The minimum atomic E-state index is -4.38. The summed E-state index contributed by atoms with van der Waals surface area (Å²) in [5.74, 6) is 0.428. The van der Waals surface area contributed by atoms with E-state index in [0.29, 0.717) is 11.6 Å². The van der Waals surface area contributed by atoms with Crippen molar-refractivity contribution in [2.45, 2.75) is 32.0 Å². The maximum Gasteiger partial charge on any atom is 0.416 e. The van der Waals surface area contributed by atoms with Crippen molar-refractivity contribution in [1.82, 2.24) is 4.90 Å². The topological polar surface area (TPSA) is 15.3 Å². The van der Waals surface area contributed by atoms with Crippen molar-refractivity contribution in [3.63, 3.8) is 0 Å². The highest BCUT2D eigenvalue weighted by molar-refractivity contribution is 6.30. The van der Waals surface area contributed by atoms with Gasteiger partial charge < -0.3 is 10.2 Å². The van der Waals surface area contributed by atoms with Crippen molar-refractivity contribution in [3.8, 4) is 0 Å². The molecule has 2 unspecified atom stereocenters. The molecule has 2 atom stereocenters. The van der Waals surface area contributed by atoms with E-state index in [2.05, 4.69) is 17.3 Å². The fourth-order valence-corrected chi connectivity index (χ4v) is 3.07. The van der Waals surface area contributed by atoms with Gasteiger partial charge in [-0.3, -0.25) is 0 Å². The molecule has 1 aromatic carbocycles. The lowest BCUT2D eigenvalue weighted by Crippen LogP contribution is -2.39. The molecule has 1 aliphatic heterocycles. The number of piperidine rings is 1. The molecule has 118 valence electrons. The second kappa shape index (κ2) is 6.44. The zero-order valence-electron chi connectivity index (χ0n) is 12.2. The molecule has 21 heavy (non-hydrogen) atoms. The van der Waals surface area contributed by atoms with E-state index in [4.69, 9.17) is 11.6 Å². The lowest BCUT2D eigenvalue weighted by molar-refractivity contribution is -0.137. The SMILES string of the molecule is CC(Nc1cc(Cl)cc(C(F)(F)F)c1)C1CCCN(C)C1. The average molecular weight is 321 g/mol. The first-order valence-corrected chi connectivity index (χ1v) is 7.46. The number of nitrogens with zero attached hydrogens (tertiary/aromatic N) is 1. The fraction of sp³-hybridized carbons (Fsp3) is 0.600. The quantitative estimate of drug-likeness (QED) is 0.882.